The molecule has 4 rings (SSSR count). The van der Waals surface area contributed by atoms with Crippen molar-refractivity contribution in [1.82, 2.24) is 9.78 Å². The zero-order valence-electron chi connectivity index (χ0n) is 20.3. The van der Waals surface area contributed by atoms with Gasteiger partial charge in [-0.1, -0.05) is 103 Å². The van der Waals surface area contributed by atoms with Crippen LogP contribution >= 0.6 is 0 Å². The van der Waals surface area contributed by atoms with Gasteiger partial charge in [0.15, 0.2) is 0 Å². The highest BCUT2D eigenvalue weighted by molar-refractivity contribution is 5.91. The van der Waals surface area contributed by atoms with Crippen LogP contribution in [-0.4, -0.2) is 22.9 Å². The maximum Gasteiger partial charge on any atom is 0.305 e. The topological polar surface area (TPSA) is 44.1 Å². The molecule has 0 unspecified atom stereocenters. The number of unbranched alkanes of at least 4 members (excludes halogenated alkanes) is 2. The Balaban J connectivity index is 1.61. The van der Waals surface area contributed by atoms with Gasteiger partial charge in [0.1, 0.15) is 5.69 Å². The molecule has 0 radical (unpaired) electrons. The van der Waals surface area contributed by atoms with Crippen molar-refractivity contribution >= 4 is 5.97 Å². The van der Waals surface area contributed by atoms with Gasteiger partial charge in [-0.25, -0.2) is 0 Å². The van der Waals surface area contributed by atoms with Crippen LogP contribution in [0.15, 0.2) is 103 Å². The van der Waals surface area contributed by atoms with E-state index in [0.29, 0.717) is 6.42 Å². The summed E-state index contributed by atoms with van der Waals surface area (Å²) >= 11 is 0. The van der Waals surface area contributed by atoms with Crippen LogP contribution in [0.25, 0.3) is 33.6 Å². The number of benzene rings is 3. The minimum Gasteiger partial charge on any atom is -0.469 e. The maximum atomic E-state index is 11.2. The second-order valence-electron chi connectivity index (χ2n) is 8.48. The first kappa shape index (κ1) is 24.2. The first-order valence-electron chi connectivity index (χ1n) is 12.3. The van der Waals surface area contributed by atoms with Crippen molar-refractivity contribution in [3.05, 3.63) is 103 Å². The van der Waals surface area contributed by atoms with Crippen molar-refractivity contribution < 1.29 is 9.53 Å². The molecule has 4 heteroatoms. The van der Waals surface area contributed by atoms with E-state index < -0.39 is 0 Å². The average Bonchev–Trinajstić information content (AvgIpc) is 3.31. The molecule has 0 saturated heterocycles. The number of carbonyl (C=O) groups is 1. The molecule has 0 spiro atoms. The van der Waals surface area contributed by atoms with Gasteiger partial charge in [0.2, 0.25) is 0 Å². The molecule has 4 aromatic rings. The third kappa shape index (κ3) is 6.36. The predicted octanol–water partition coefficient (Wildman–Crippen LogP) is 7.56. The van der Waals surface area contributed by atoms with Gasteiger partial charge in [0.25, 0.3) is 0 Å². The molecule has 0 fully saturated rings. The zero-order chi connectivity index (χ0) is 24.3. The van der Waals surface area contributed by atoms with Crippen LogP contribution in [0.5, 0.6) is 0 Å². The summed E-state index contributed by atoms with van der Waals surface area (Å²) in [6, 6.07) is 31.5. The van der Waals surface area contributed by atoms with E-state index in [2.05, 4.69) is 102 Å². The third-order valence-electron chi connectivity index (χ3n) is 6.00. The number of esters is 1. The highest BCUT2D eigenvalue weighted by atomic mass is 16.5. The average molecular weight is 465 g/mol. The van der Waals surface area contributed by atoms with E-state index in [1.807, 2.05) is 6.07 Å². The molecular weight excluding hydrogens is 432 g/mol. The standard InChI is InChI=1S/C31H32N2O2/c1-35-28(34)23-15-4-2-3-5-16-24-33-31(27-21-13-8-14-22-27)29(25-17-9-6-10-18-25)30(32-33)26-19-11-7-12-20-26/h2-3,6-14,17-22H,4-5,15-16,23-24H2,1H3. The predicted molar refractivity (Wildman–Crippen MR) is 143 cm³/mol. The van der Waals surface area contributed by atoms with E-state index in [1.165, 1.54) is 23.8 Å². The number of allylic oxidation sites excluding steroid dienone is 2. The molecule has 0 saturated carbocycles. The van der Waals surface area contributed by atoms with Crippen molar-refractivity contribution in [2.24, 2.45) is 0 Å². The van der Waals surface area contributed by atoms with Crippen LogP contribution in [-0.2, 0) is 16.1 Å². The smallest absolute Gasteiger partial charge is 0.305 e. The number of aromatic nitrogens is 2. The fraction of sp³-hybridized carbons (Fsp3) is 0.226. The highest BCUT2D eigenvalue weighted by Crippen LogP contribution is 2.40. The van der Waals surface area contributed by atoms with E-state index >= 15 is 0 Å². The summed E-state index contributed by atoms with van der Waals surface area (Å²) in [6.45, 7) is 0.823. The Kier molecular flexibility index (Phi) is 8.66. The first-order valence-corrected chi connectivity index (χ1v) is 12.3. The lowest BCUT2D eigenvalue weighted by molar-refractivity contribution is -0.140. The van der Waals surface area contributed by atoms with Gasteiger partial charge in [-0.2, -0.15) is 5.10 Å². The normalized spacial score (nSPS) is 11.1. The van der Waals surface area contributed by atoms with E-state index in [1.54, 1.807) is 0 Å². The van der Waals surface area contributed by atoms with Gasteiger partial charge in [0.05, 0.1) is 12.8 Å². The van der Waals surface area contributed by atoms with Gasteiger partial charge in [-0.3, -0.25) is 9.48 Å². The molecule has 1 heterocycles. The quantitative estimate of drug-likeness (QED) is 0.131. The van der Waals surface area contributed by atoms with E-state index in [9.17, 15) is 4.79 Å². The van der Waals surface area contributed by atoms with Crippen LogP contribution in [0.3, 0.4) is 0 Å². The molecule has 1 aromatic heterocycles. The summed E-state index contributed by atoms with van der Waals surface area (Å²) in [6.07, 6.45) is 8.50. The molecule has 178 valence electrons. The molecule has 0 N–H and O–H groups in total. The zero-order valence-corrected chi connectivity index (χ0v) is 20.3. The number of hydrogen-bond donors (Lipinski definition) is 0. The van der Waals surface area contributed by atoms with E-state index in [4.69, 9.17) is 9.84 Å². The van der Waals surface area contributed by atoms with Gasteiger partial charge in [-0.15, -0.1) is 0 Å². The molecule has 0 aliphatic heterocycles. The monoisotopic (exact) mass is 464 g/mol. The Labute approximate surface area is 207 Å². The largest absolute Gasteiger partial charge is 0.469 e. The number of carbonyl (C=O) groups excluding carboxylic acids is 1. The molecule has 35 heavy (non-hydrogen) atoms. The Hall–Kier alpha value is -3.92. The van der Waals surface area contributed by atoms with Crippen molar-refractivity contribution in [3.8, 4) is 33.6 Å². The first-order chi connectivity index (χ1) is 17.3. The summed E-state index contributed by atoms with van der Waals surface area (Å²) in [5.41, 5.74) is 6.78. The number of ether oxygens (including phenoxy) is 1. The fourth-order valence-corrected chi connectivity index (χ4v) is 4.25. The van der Waals surface area contributed by atoms with Crippen LogP contribution in [0.4, 0.5) is 0 Å². The van der Waals surface area contributed by atoms with Crippen LogP contribution < -0.4 is 0 Å². The summed E-state index contributed by atoms with van der Waals surface area (Å²) in [4.78, 5) is 11.2. The Morgan fingerprint density at radius 3 is 1.91 bits per heavy atom. The molecule has 0 atom stereocenters. The van der Waals surface area contributed by atoms with E-state index in [-0.39, 0.29) is 5.97 Å². The Bertz CT molecular complexity index is 1230. The van der Waals surface area contributed by atoms with Crippen molar-refractivity contribution in [1.29, 1.82) is 0 Å². The fourth-order valence-electron chi connectivity index (χ4n) is 4.25. The molecule has 0 amide bonds. The van der Waals surface area contributed by atoms with Gasteiger partial charge >= 0.3 is 5.97 Å². The number of hydrogen-bond acceptors (Lipinski definition) is 3. The molecule has 0 aliphatic rings. The number of rotatable bonds is 11. The van der Waals surface area contributed by atoms with Gasteiger partial charge < -0.3 is 4.74 Å². The molecule has 3 aromatic carbocycles. The third-order valence-corrected chi connectivity index (χ3v) is 6.00. The van der Waals surface area contributed by atoms with Crippen LogP contribution in [0.1, 0.15) is 32.1 Å². The van der Waals surface area contributed by atoms with Crippen molar-refractivity contribution in [2.45, 2.75) is 38.6 Å². The van der Waals surface area contributed by atoms with E-state index in [0.717, 1.165) is 49.2 Å². The number of methoxy groups -OCH3 is 1. The van der Waals surface area contributed by atoms with Gasteiger partial charge in [-0.05, 0) is 31.2 Å². The summed E-state index contributed by atoms with van der Waals surface area (Å²) < 4.78 is 6.87. The minimum atomic E-state index is -0.144. The van der Waals surface area contributed by atoms with Crippen molar-refractivity contribution in [3.63, 3.8) is 0 Å². The Morgan fingerprint density at radius 1 is 0.771 bits per heavy atom. The SMILES string of the molecule is COC(=O)CCCC=CCCCn1nc(-c2ccccc2)c(-c2ccccc2)c1-c1ccccc1. The lowest BCUT2D eigenvalue weighted by Gasteiger charge is -2.10. The van der Waals surface area contributed by atoms with Crippen molar-refractivity contribution in [2.75, 3.05) is 7.11 Å². The minimum absolute atomic E-state index is 0.144. The van der Waals surface area contributed by atoms with Crippen LogP contribution in [0, 0.1) is 0 Å². The highest BCUT2D eigenvalue weighted by Gasteiger charge is 2.21. The molecule has 4 nitrogen and oxygen atoms in total. The molecular formula is C31H32N2O2. The second kappa shape index (κ2) is 12.5. The molecule has 0 aliphatic carbocycles. The summed E-state index contributed by atoms with van der Waals surface area (Å²) in [5, 5.41) is 5.15. The molecule has 0 bridgehead atoms. The maximum absolute atomic E-state index is 11.2. The lowest BCUT2D eigenvalue weighted by atomic mass is 9.96. The summed E-state index contributed by atoms with van der Waals surface area (Å²) in [7, 11) is 1.43. The van der Waals surface area contributed by atoms with Crippen LogP contribution in [0.2, 0.25) is 0 Å². The summed E-state index contributed by atoms with van der Waals surface area (Å²) in [5.74, 6) is -0.144. The van der Waals surface area contributed by atoms with Gasteiger partial charge in [0, 0.05) is 29.7 Å². The number of aryl methyl sites for hydroxylation is 1. The lowest BCUT2D eigenvalue weighted by Crippen LogP contribution is -2.02. The Morgan fingerprint density at radius 2 is 1.31 bits per heavy atom. The second-order valence-corrected chi connectivity index (χ2v) is 8.48. The number of nitrogens with zero attached hydrogens (tertiary/aromatic N) is 2.